The van der Waals surface area contributed by atoms with Crippen LogP contribution in [-0.2, 0) is 41.4 Å². The molecule has 0 amide bonds. The minimum Gasteiger partial charge on any atom is -0.394 e. The van der Waals surface area contributed by atoms with E-state index in [-0.39, 0.29) is 45.1 Å². The molecule has 31 nitrogen and oxygen atoms in total. The molecule has 34 heteroatoms. The molecule has 9 heterocycles. The van der Waals surface area contributed by atoms with Crippen molar-refractivity contribution in [2.75, 3.05) is 37.0 Å². The number of phosphoric ester groups is 2. The number of nitrogens with zero attached hydrogens (tertiary/aromatic N) is 11. The number of H-pyrrole nitrogens is 1. The van der Waals surface area contributed by atoms with Crippen molar-refractivity contribution in [3.8, 4) is 0 Å². The maximum atomic E-state index is 16.6. The van der Waals surface area contributed by atoms with E-state index in [9.17, 15) is 44.1 Å². The van der Waals surface area contributed by atoms with Gasteiger partial charge in [-0.25, -0.2) is 48.4 Å². The number of aliphatic hydroxyl groups is 4. The highest BCUT2D eigenvalue weighted by molar-refractivity contribution is 7.47. The van der Waals surface area contributed by atoms with E-state index in [0.29, 0.717) is 0 Å². The van der Waals surface area contributed by atoms with E-state index in [2.05, 4.69) is 44.9 Å². The predicted molar refractivity (Wildman–Crippen MR) is 205 cm³/mol. The number of fused-ring (bicyclic) bond motifs is 3. The Labute approximate surface area is 353 Å². The number of rotatable bonds is 14. The largest absolute Gasteiger partial charge is 0.472 e. The van der Waals surface area contributed by atoms with Crippen molar-refractivity contribution in [1.29, 1.82) is 0 Å². The quantitative estimate of drug-likeness (QED) is 0.0477. The Morgan fingerprint density at radius 1 is 0.672 bits per heavy atom. The highest BCUT2D eigenvalue weighted by atomic mass is 31.2. The van der Waals surface area contributed by atoms with Crippen LogP contribution in [0.3, 0.4) is 0 Å². The standard InChI is InChI=1S/C30H36FN15O16P2/c31-12-19(61-63(52,53)56-2-10-16(48)17(49)28(59-10)44-6-39-13-21(32)35-4-37-23(13)44)11(60-27(12)46-8-41-15-25(46)42-30(34)43-26(15)51)3-57-64(54,55)62-20-9(1-47)58-29(18(20)50)45-7-40-14-22(33)36-5-38-24(14)45/h4-12,16-20,27-29,47-50H,1-3H2,(H,52,53)(H,54,55)(H2,32,35,37)(H2,33,36,38)(H3,34,42,43,51)/t9-,10-,11-,12-,16-,17-,18-,19-,20-,27-,28-,29-/m1/s1. The lowest BCUT2D eigenvalue weighted by molar-refractivity contribution is -0.0615. The number of phosphoric acid groups is 2. The number of aromatic nitrogens is 12. The molecule has 0 radical (unpaired) electrons. The normalized spacial score (nSPS) is 31.6. The number of aliphatic hydroxyl groups excluding tert-OH is 4. The van der Waals surface area contributed by atoms with Crippen LogP contribution in [0.4, 0.5) is 22.0 Å². The lowest BCUT2D eigenvalue weighted by Gasteiger charge is -2.25. The lowest BCUT2D eigenvalue weighted by Crippen LogP contribution is -2.37. The molecule has 3 aliphatic rings. The summed E-state index contributed by atoms with van der Waals surface area (Å²) in [5, 5.41) is 42.8. The van der Waals surface area contributed by atoms with Crippen molar-refractivity contribution in [2.45, 2.75) is 73.7 Å². The third-order valence-electron chi connectivity index (χ3n) is 10.5. The Hall–Kier alpha value is -5.28. The average molecular weight is 944 g/mol. The van der Waals surface area contributed by atoms with Crippen LogP contribution in [0.2, 0.25) is 0 Å². The fraction of sp³-hybridized carbons (Fsp3) is 0.500. The first-order valence-corrected chi connectivity index (χ1v) is 21.6. The van der Waals surface area contributed by atoms with Gasteiger partial charge in [0, 0.05) is 0 Å². The Balaban J connectivity index is 0.919. The Morgan fingerprint density at radius 2 is 1.17 bits per heavy atom. The maximum Gasteiger partial charge on any atom is 0.472 e. The van der Waals surface area contributed by atoms with Crippen LogP contribution in [0, 0.1) is 0 Å². The summed E-state index contributed by atoms with van der Waals surface area (Å²) in [7, 11) is -10.8. The summed E-state index contributed by atoms with van der Waals surface area (Å²) in [5.41, 5.74) is 16.5. The topological polar surface area (TPSA) is 449 Å². The summed E-state index contributed by atoms with van der Waals surface area (Å²) in [4.78, 5) is 68.3. The first kappa shape index (κ1) is 43.9. The van der Waals surface area contributed by atoms with Gasteiger partial charge in [0.2, 0.25) is 5.95 Å². The van der Waals surface area contributed by atoms with E-state index < -0.39 is 121 Å². The molecule has 0 spiro atoms. The van der Waals surface area contributed by atoms with Gasteiger partial charge in [-0.3, -0.25) is 41.6 Å². The number of ether oxygens (including phenoxy) is 3. The maximum absolute atomic E-state index is 16.6. The van der Waals surface area contributed by atoms with Crippen molar-refractivity contribution in [1.82, 2.24) is 58.6 Å². The molecule has 13 N–H and O–H groups in total. The molecule has 0 bridgehead atoms. The van der Waals surface area contributed by atoms with Gasteiger partial charge in [0.25, 0.3) is 5.56 Å². The number of hydrogen-bond acceptors (Lipinski definition) is 25. The highest BCUT2D eigenvalue weighted by Gasteiger charge is 2.54. The van der Waals surface area contributed by atoms with Gasteiger partial charge in [-0.05, 0) is 0 Å². The van der Waals surface area contributed by atoms with E-state index in [1.807, 2.05) is 0 Å². The third-order valence-corrected chi connectivity index (χ3v) is 12.4. The van der Waals surface area contributed by atoms with E-state index >= 15 is 4.39 Å². The summed E-state index contributed by atoms with van der Waals surface area (Å²) >= 11 is 0. The minimum atomic E-state index is -5.45. The van der Waals surface area contributed by atoms with Crippen LogP contribution < -0.4 is 22.8 Å². The first-order valence-electron chi connectivity index (χ1n) is 18.6. The fourth-order valence-electron chi connectivity index (χ4n) is 7.45. The fourth-order valence-corrected chi connectivity index (χ4v) is 9.37. The zero-order valence-electron chi connectivity index (χ0n) is 32.1. The Bertz CT molecular complexity index is 2870. The second kappa shape index (κ2) is 16.6. The number of aromatic amines is 1. The van der Waals surface area contributed by atoms with Crippen molar-refractivity contribution >= 4 is 66.7 Å². The molecule has 2 unspecified atom stereocenters. The van der Waals surface area contributed by atoms with Gasteiger partial charge < -0.3 is 61.6 Å². The van der Waals surface area contributed by atoms with Crippen LogP contribution >= 0.6 is 15.6 Å². The zero-order chi connectivity index (χ0) is 45.4. The molecule has 3 aliphatic heterocycles. The summed E-state index contributed by atoms with van der Waals surface area (Å²) < 4.78 is 84.8. The molecule has 6 aromatic heterocycles. The van der Waals surface area contributed by atoms with E-state index in [0.717, 1.165) is 23.5 Å². The second-order valence-electron chi connectivity index (χ2n) is 14.4. The highest BCUT2D eigenvalue weighted by Crippen LogP contribution is 2.53. The lowest BCUT2D eigenvalue weighted by atomic mass is 10.1. The van der Waals surface area contributed by atoms with Gasteiger partial charge in [-0.15, -0.1) is 0 Å². The second-order valence-corrected chi connectivity index (χ2v) is 17.2. The van der Waals surface area contributed by atoms with Crippen LogP contribution in [0.1, 0.15) is 18.7 Å². The van der Waals surface area contributed by atoms with Crippen LogP contribution in [0.25, 0.3) is 33.5 Å². The number of nitrogens with one attached hydrogen (secondary N) is 1. The first-order chi connectivity index (χ1) is 30.4. The van der Waals surface area contributed by atoms with Crippen molar-refractivity contribution in [3.63, 3.8) is 0 Å². The summed E-state index contributed by atoms with van der Waals surface area (Å²) in [6.07, 6.45) is -15.5. The third kappa shape index (κ3) is 7.86. The number of nitrogen functional groups attached to an aromatic ring is 3. The van der Waals surface area contributed by atoms with Crippen LogP contribution in [-0.4, -0.2) is 164 Å². The Morgan fingerprint density at radius 3 is 1.77 bits per heavy atom. The predicted octanol–water partition coefficient (Wildman–Crippen LogP) is -3.34. The molecule has 0 aliphatic carbocycles. The SMILES string of the molecule is Nc1nc2c(ncn2[C@@H]2O[C@H](COP(=O)(O)O[C@H]3[C@@H](O)[C@H](n4cnc5c(N)ncnc54)O[C@@H]3CO)[C@@H](OP(=O)(O)OC[C@H]3O[C@@H](n4cnc5c(N)ncnc54)[C@H](O)[C@@H]3O)[C@H]2F)c(=O)[nH]1. The zero-order valence-corrected chi connectivity index (χ0v) is 33.9. The Kier molecular flexibility index (Phi) is 11.4. The number of nitrogens with two attached hydrogens (primary N) is 3. The molecule has 0 saturated carbocycles. The van der Waals surface area contributed by atoms with Crippen LogP contribution in [0.5, 0.6) is 0 Å². The number of anilines is 3. The summed E-state index contributed by atoms with van der Waals surface area (Å²) in [6.45, 7) is -2.91. The number of imidazole rings is 3. The van der Waals surface area contributed by atoms with E-state index in [1.54, 1.807) is 0 Å². The van der Waals surface area contributed by atoms with E-state index in [4.69, 9.17) is 49.5 Å². The minimum absolute atomic E-state index is 0.00233. The summed E-state index contributed by atoms with van der Waals surface area (Å²) in [6, 6.07) is 0. The van der Waals surface area contributed by atoms with Gasteiger partial charge in [-0.2, -0.15) is 4.98 Å². The number of hydrogen-bond donors (Lipinski definition) is 10. The van der Waals surface area contributed by atoms with Gasteiger partial charge in [0.1, 0.15) is 72.5 Å². The average Bonchev–Trinajstić information content (AvgIpc) is 4.11. The molecule has 0 aromatic carbocycles. The molecule has 344 valence electrons. The molecule has 3 saturated heterocycles. The molecule has 64 heavy (non-hydrogen) atoms. The number of halogens is 1. The van der Waals surface area contributed by atoms with Crippen molar-refractivity contribution in [2.24, 2.45) is 0 Å². The monoisotopic (exact) mass is 943 g/mol. The molecular formula is C30H36FN15O16P2. The van der Waals surface area contributed by atoms with Gasteiger partial charge in [0.05, 0.1) is 38.8 Å². The van der Waals surface area contributed by atoms with Gasteiger partial charge >= 0.3 is 15.6 Å². The number of alkyl halides is 1. The van der Waals surface area contributed by atoms with Crippen molar-refractivity contribution < 1.29 is 76.0 Å². The van der Waals surface area contributed by atoms with E-state index in [1.165, 1.54) is 21.8 Å². The molecule has 9 rings (SSSR count). The van der Waals surface area contributed by atoms with Gasteiger partial charge in [-0.1, -0.05) is 0 Å². The summed E-state index contributed by atoms with van der Waals surface area (Å²) in [5.74, 6) is -0.376. The smallest absolute Gasteiger partial charge is 0.394 e. The van der Waals surface area contributed by atoms with Gasteiger partial charge in [0.15, 0.2) is 58.9 Å². The molecule has 3 fully saturated rings. The molecular weight excluding hydrogens is 907 g/mol. The van der Waals surface area contributed by atoms with Crippen LogP contribution in [0.15, 0.2) is 36.4 Å². The van der Waals surface area contributed by atoms with Crippen molar-refractivity contribution in [3.05, 3.63) is 42.0 Å². The molecule has 14 atom stereocenters. The molecule has 6 aromatic rings.